The Hall–Kier alpha value is -4.20. The van der Waals surface area contributed by atoms with Crippen LogP contribution < -0.4 is 4.74 Å². The third-order valence-corrected chi connectivity index (χ3v) is 3.72. The van der Waals surface area contributed by atoms with Crippen molar-refractivity contribution in [3.8, 4) is 34.5 Å². The lowest BCUT2D eigenvalue weighted by Gasteiger charge is -2.09. The maximum Gasteiger partial charge on any atom is 0.165 e. The fourth-order valence-corrected chi connectivity index (χ4v) is 2.20. The van der Waals surface area contributed by atoms with Crippen molar-refractivity contribution in [1.82, 2.24) is 0 Å². The van der Waals surface area contributed by atoms with E-state index in [-0.39, 0.29) is 48.2 Å². The zero-order valence-electron chi connectivity index (χ0n) is 15.0. The van der Waals surface area contributed by atoms with Gasteiger partial charge in [-0.15, -0.1) is 0 Å². The molecule has 8 heteroatoms. The molecule has 0 amide bonds. The number of ether oxygens (including phenoxy) is 1. The molecule has 0 fully saturated rings. The van der Waals surface area contributed by atoms with Crippen LogP contribution in [0.1, 0.15) is 33.7 Å². The Balaban J connectivity index is 0.000000324. The Bertz CT molecular complexity index is 1000. The van der Waals surface area contributed by atoms with Crippen molar-refractivity contribution >= 4 is 12.6 Å². The van der Waals surface area contributed by atoms with Crippen LogP contribution in [0.5, 0.6) is 34.5 Å². The molecule has 0 atom stereocenters. The molecule has 5 N–H and O–H groups in total. The van der Waals surface area contributed by atoms with E-state index in [1.54, 1.807) is 0 Å². The number of hydrogen-bond acceptors (Lipinski definition) is 8. The van der Waals surface area contributed by atoms with Crippen LogP contribution in [0, 0.1) is 0 Å². The monoisotopic (exact) mass is 414 g/mol. The molecule has 0 radical (unpaired) electrons. The summed E-state index contributed by atoms with van der Waals surface area (Å²) in [6.07, 6.45) is 0.852. The first-order valence-electron chi connectivity index (χ1n) is 8.23. The summed E-state index contributed by atoms with van der Waals surface area (Å²) >= 11 is 0. The summed E-state index contributed by atoms with van der Waals surface area (Å²) in [6.45, 7) is 0.272. The fraction of sp³-hybridized carbons (Fsp3) is 0.0909. The van der Waals surface area contributed by atoms with E-state index in [0.717, 1.165) is 17.7 Å². The number of phenols is 5. The second kappa shape index (κ2) is 11.0. The van der Waals surface area contributed by atoms with Gasteiger partial charge in [0.25, 0.3) is 0 Å². The van der Waals surface area contributed by atoms with E-state index in [1.807, 2.05) is 30.3 Å². The van der Waals surface area contributed by atoms with E-state index in [9.17, 15) is 19.8 Å². The number of benzene rings is 3. The summed E-state index contributed by atoms with van der Waals surface area (Å²) in [4.78, 5) is 20.7. The summed E-state index contributed by atoms with van der Waals surface area (Å²) in [5, 5.41) is 45.7. The van der Waals surface area contributed by atoms with Crippen molar-refractivity contribution in [3.63, 3.8) is 0 Å². The summed E-state index contributed by atoms with van der Waals surface area (Å²) in [6, 6.07) is 13.7. The van der Waals surface area contributed by atoms with E-state index >= 15 is 0 Å². The van der Waals surface area contributed by atoms with Crippen molar-refractivity contribution in [1.29, 1.82) is 0 Å². The number of aldehydes is 2. The van der Waals surface area contributed by atoms with Crippen LogP contribution in [0.4, 0.5) is 0 Å². The number of carbonyl (C=O) groups excluding carboxylic acids is 2. The van der Waals surface area contributed by atoms with Crippen molar-refractivity contribution in [2.75, 3.05) is 0 Å². The highest BCUT2D eigenvalue weighted by Gasteiger charge is 2.09. The lowest BCUT2D eigenvalue weighted by atomic mass is 10.2. The van der Waals surface area contributed by atoms with Gasteiger partial charge in [-0.3, -0.25) is 9.59 Å². The quantitative estimate of drug-likeness (QED) is 0.241. The highest BCUT2D eigenvalue weighted by Crippen LogP contribution is 2.33. The molecule has 0 spiro atoms. The molecule has 3 aromatic carbocycles. The Kier molecular flexibility index (Phi) is 8.71. The summed E-state index contributed by atoms with van der Waals surface area (Å²) in [7, 11) is 0. The number of phenolic OH excluding ortho intramolecular Hbond substituents is 5. The Morgan fingerprint density at radius 2 is 1.17 bits per heavy atom. The van der Waals surface area contributed by atoms with E-state index in [1.165, 1.54) is 12.1 Å². The SMILES string of the molecule is C.O=Cc1cc(O)c(O)cc1O.O=Cc1cc(O)c(OCc2ccccc2)cc1O. The van der Waals surface area contributed by atoms with Crippen LogP contribution in [0.2, 0.25) is 0 Å². The third kappa shape index (κ3) is 6.16. The van der Waals surface area contributed by atoms with Gasteiger partial charge >= 0.3 is 0 Å². The first-order valence-corrected chi connectivity index (χ1v) is 8.23. The van der Waals surface area contributed by atoms with Crippen molar-refractivity contribution in [3.05, 3.63) is 71.3 Å². The molecule has 0 bridgehead atoms. The molecule has 3 aromatic rings. The van der Waals surface area contributed by atoms with Gasteiger partial charge in [-0.2, -0.15) is 0 Å². The maximum absolute atomic E-state index is 10.6. The standard InChI is InChI=1S/C14H12O4.C7H6O4.CH4/c15-8-11-6-13(17)14(7-12(11)16)18-9-10-4-2-1-3-5-10;8-3-4-1-6(10)7(11)2-5(4)9;/h1-8,16-17H,9H2;1-3,9-11H;1H4. The average molecular weight is 414 g/mol. The predicted octanol–water partition coefficient (Wildman–Crippen LogP) is 3.74. The number of carbonyl (C=O) groups is 2. The molecule has 0 saturated heterocycles. The molecule has 0 aliphatic carbocycles. The van der Waals surface area contributed by atoms with Gasteiger partial charge < -0.3 is 30.3 Å². The van der Waals surface area contributed by atoms with Gasteiger partial charge in [0.1, 0.15) is 18.1 Å². The maximum atomic E-state index is 10.6. The zero-order valence-corrected chi connectivity index (χ0v) is 15.0. The minimum absolute atomic E-state index is 0. The Morgan fingerprint density at radius 1 is 0.667 bits per heavy atom. The fourth-order valence-electron chi connectivity index (χ4n) is 2.20. The number of hydrogen-bond donors (Lipinski definition) is 5. The lowest BCUT2D eigenvalue weighted by molar-refractivity contribution is 0.111. The molecule has 0 heterocycles. The van der Waals surface area contributed by atoms with Crippen LogP contribution in [-0.4, -0.2) is 38.1 Å². The smallest absolute Gasteiger partial charge is 0.165 e. The lowest BCUT2D eigenvalue weighted by Crippen LogP contribution is -1.96. The van der Waals surface area contributed by atoms with Gasteiger partial charge in [-0.25, -0.2) is 0 Å². The highest BCUT2D eigenvalue weighted by molar-refractivity contribution is 5.81. The van der Waals surface area contributed by atoms with Crippen molar-refractivity contribution in [2.24, 2.45) is 0 Å². The molecular weight excluding hydrogens is 392 g/mol. The first-order chi connectivity index (χ1) is 13.8. The van der Waals surface area contributed by atoms with Crippen LogP contribution in [0.3, 0.4) is 0 Å². The topological polar surface area (TPSA) is 145 Å². The largest absolute Gasteiger partial charge is 0.507 e. The molecule has 0 aromatic heterocycles. The first kappa shape index (κ1) is 23.8. The highest BCUT2D eigenvalue weighted by atomic mass is 16.5. The van der Waals surface area contributed by atoms with Crippen molar-refractivity contribution in [2.45, 2.75) is 14.0 Å². The second-order valence-corrected chi connectivity index (χ2v) is 5.79. The number of rotatable bonds is 5. The van der Waals surface area contributed by atoms with Gasteiger partial charge in [0.05, 0.1) is 11.1 Å². The van der Waals surface area contributed by atoms with E-state index in [2.05, 4.69) is 0 Å². The minimum atomic E-state index is -0.451. The second-order valence-electron chi connectivity index (χ2n) is 5.79. The molecular formula is C22H22O8. The summed E-state index contributed by atoms with van der Waals surface area (Å²) in [5.74, 6) is -1.48. The van der Waals surface area contributed by atoms with Crippen molar-refractivity contribution < 1.29 is 39.9 Å². The summed E-state index contributed by atoms with van der Waals surface area (Å²) in [5.41, 5.74) is 0.913. The summed E-state index contributed by atoms with van der Waals surface area (Å²) < 4.78 is 5.38. The molecule has 0 aliphatic rings. The molecule has 8 nitrogen and oxygen atoms in total. The van der Waals surface area contributed by atoms with Gasteiger partial charge in [0, 0.05) is 12.1 Å². The van der Waals surface area contributed by atoms with E-state index in [4.69, 9.17) is 20.1 Å². The predicted molar refractivity (Wildman–Crippen MR) is 109 cm³/mol. The molecule has 0 saturated carbocycles. The van der Waals surface area contributed by atoms with Gasteiger partial charge in [0.15, 0.2) is 35.6 Å². The van der Waals surface area contributed by atoms with Gasteiger partial charge in [-0.05, 0) is 17.7 Å². The van der Waals surface area contributed by atoms with Crippen LogP contribution in [0.25, 0.3) is 0 Å². The molecule has 30 heavy (non-hydrogen) atoms. The third-order valence-electron chi connectivity index (χ3n) is 3.72. The molecule has 0 aliphatic heterocycles. The van der Waals surface area contributed by atoms with Crippen LogP contribution in [0.15, 0.2) is 54.6 Å². The van der Waals surface area contributed by atoms with Gasteiger partial charge in [0.2, 0.25) is 0 Å². The average Bonchev–Trinajstić information content (AvgIpc) is 2.72. The molecule has 0 unspecified atom stereocenters. The normalized spacial score (nSPS) is 9.47. The van der Waals surface area contributed by atoms with E-state index in [0.29, 0.717) is 12.6 Å². The Morgan fingerprint density at radius 3 is 1.73 bits per heavy atom. The Labute approximate surface area is 172 Å². The van der Waals surface area contributed by atoms with E-state index < -0.39 is 11.5 Å². The van der Waals surface area contributed by atoms with Crippen LogP contribution >= 0.6 is 0 Å². The molecule has 3 rings (SSSR count). The molecule has 158 valence electrons. The zero-order chi connectivity index (χ0) is 21.4. The van der Waals surface area contributed by atoms with Gasteiger partial charge in [-0.1, -0.05) is 37.8 Å². The minimum Gasteiger partial charge on any atom is -0.507 e. The number of aromatic hydroxyl groups is 5. The van der Waals surface area contributed by atoms with Crippen LogP contribution in [-0.2, 0) is 6.61 Å².